The van der Waals surface area contributed by atoms with Crippen LogP contribution in [0.25, 0.3) is 0 Å². The van der Waals surface area contributed by atoms with Gasteiger partial charge in [-0.3, -0.25) is 0 Å². The van der Waals surface area contributed by atoms with Crippen molar-refractivity contribution >= 4 is 0 Å². The van der Waals surface area contributed by atoms with Gasteiger partial charge in [0.25, 0.3) is 0 Å². The van der Waals surface area contributed by atoms with Crippen molar-refractivity contribution in [1.29, 1.82) is 0 Å². The fourth-order valence-corrected chi connectivity index (χ4v) is 4.41. The lowest BCUT2D eigenvalue weighted by atomic mass is 9.75. The zero-order valence-corrected chi connectivity index (χ0v) is 13.0. The van der Waals surface area contributed by atoms with Gasteiger partial charge in [0, 0.05) is 5.54 Å². The van der Waals surface area contributed by atoms with Crippen LogP contribution in [-0.2, 0) is 0 Å². The van der Waals surface area contributed by atoms with Gasteiger partial charge in [0.2, 0.25) is 0 Å². The molecule has 0 aromatic carbocycles. The van der Waals surface area contributed by atoms with Crippen molar-refractivity contribution in [2.75, 3.05) is 14.1 Å². The summed E-state index contributed by atoms with van der Waals surface area (Å²) in [4.78, 5) is 2.36. The van der Waals surface area contributed by atoms with E-state index in [1.807, 2.05) is 0 Å². The Labute approximate surface area is 119 Å². The highest BCUT2D eigenvalue weighted by molar-refractivity contribution is 4.98. The van der Waals surface area contributed by atoms with Gasteiger partial charge in [-0.2, -0.15) is 0 Å². The number of likely N-dealkylation sites (N-methyl/N-ethyl adjacent to an activating group) is 1. The highest BCUT2D eigenvalue weighted by Crippen LogP contribution is 2.40. The molecular formula is C17H33NO. The predicted molar refractivity (Wildman–Crippen MR) is 81.3 cm³/mol. The summed E-state index contributed by atoms with van der Waals surface area (Å²) in [7, 11) is 4.37. The third-order valence-corrected chi connectivity index (χ3v) is 5.76. The molecule has 2 nitrogen and oxygen atoms in total. The second-order valence-electron chi connectivity index (χ2n) is 7.11. The van der Waals surface area contributed by atoms with Crippen LogP contribution in [0.1, 0.15) is 77.0 Å². The summed E-state index contributed by atoms with van der Waals surface area (Å²) in [6.07, 6.45) is 15.5. The zero-order chi connectivity index (χ0) is 13.7. The van der Waals surface area contributed by atoms with Crippen LogP contribution in [0, 0.1) is 5.92 Å². The molecule has 19 heavy (non-hydrogen) atoms. The van der Waals surface area contributed by atoms with Gasteiger partial charge in [-0.1, -0.05) is 51.4 Å². The van der Waals surface area contributed by atoms with Crippen molar-refractivity contribution in [1.82, 2.24) is 4.90 Å². The first-order valence-corrected chi connectivity index (χ1v) is 8.52. The normalized spacial score (nSPS) is 27.8. The third kappa shape index (κ3) is 3.52. The quantitative estimate of drug-likeness (QED) is 0.782. The highest BCUT2D eigenvalue weighted by atomic mass is 16.3. The van der Waals surface area contributed by atoms with E-state index in [0.29, 0.717) is 5.92 Å². The molecule has 0 aliphatic heterocycles. The monoisotopic (exact) mass is 267 g/mol. The van der Waals surface area contributed by atoms with E-state index in [-0.39, 0.29) is 11.6 Å². The van der Waals surface area contributed by atoms with Crippen molar-refractivity contribution in [2.45, 2.75) is 88.7 Å². The SMILES string of the molecule is CN(C)C1(C(O)C2CCCCCC2)CCCCCC1. The largest absolute Gasteiger partial charge is 0.391 e. The molecule has 2 fully saturated rings. The van der Waals surface area contributed by atoms with E-state index in [0.717, 1.165) is 0 Å². The second kappa shape index (κ2) is 7.08. The minimum absolute atomic E-state index is 0.0610. The molecule has 112 valence electrons. The lowest BCUT2D eigenvalue weighted by Gasteiger charge is -2.46. The smallest absolute Gasteiger partial charge is 0.0751 e. The van der Waals surface area contributed by atoms with Crippen LogP contribution in [0.15, 0.2) is 0 Å². The minimum atomic E-state index is -0.112. The Morgan fingerprint density at radius 1 is 0.842 bits per heavy atom. The van der Waals surface area contributed by atoms with Gasteiger partial charge < -0.3 is 10.0 Å². The van der Waals surface area contributed by atoms with Crippen molar-refractivity contribution in [3.63, 3.8) is 0 Å². The molecule has 2 aliphatic carbocycles. The number of aliphatic hydroxyl groups is 1. The van der Waals surface area contributed by atoms with E-state index in [1.54, 1.807) is 0 Å². The maximum atomic E-state index is 11.1. The first-order valence-electron chi connectivity index (χ1n) is 8.52. The zero-order valence-electron chi connectivity index (χ0n) is 13.0. The van der Waals surface area contributed by atoms with Gasteiger partial charge in [-0.15, -0.1) is 0 Å². The number of aliphatic hydroxyl groups excluding tert-OH is 1. The van der Waals surface area contributed by atoms with E-state index >= 15 is 0 Å². The topological polar surface area (TPSA) is 23.5 Å². The van der Waals surface area contributed by atoms with Gasteiger partial charge in [0.1, 0.15) is 0 Å². The molecule has 2 rings (SSSR count). The summed E-state index contributed by atoms with van der Waals surface area (Å²) in [6, 6.07) is 0. The fourth-order valence-electron chi connectivity index (χ4n) is 4.41. The van der Waals surface area contributed by atoms with E-state index < -0.39 is 0 Å². The average Bonchev–Trinajstić information content (AvgIpc) is 2.81. The molecule has 0 heterocycles. The van der Waals surface area contributed by atoms with Gasteiger partial charge >= 0.3 is 0 Å². The van der Waals surface area contributed by atoms with Gasteiger partial charge in [0.05, 0.1) is 6.10 Å². The molecule has 0 bridgehead atoms. The average molecular weight is 267 g/mol. The molecule has 0 radical (unpaired) electrons. The molecular weight excluding hydrogens is 234 g/mol. The second-order valence-corrected chi connectivity index (χ2v) is 7.11. The first kappa shape index (κ1) is 15.3. The first-order chi connectivity index (χ1) is 9.17. The van der Waals surface area contributed by atoms with Gasteiger partial charge in [-0.25, -0.2) is 0 Å². The molecule has 1 atom stereocenters. The molecule has 0 saturated heterocycles. The Hall–Kier alpha value is -0.0800. The van der Waals surface area contributed by atoms with Crippen LogP contribution in [0.5, 0.6) is 0 Å². The molecule has 0 spiro atoms. The fraction of sp³-hybridized carbons (Fsp3) is 1.00. The van der Waals surface area contributed by atoms with Crippen molar-refractivity contribution in [2.24, 2.45) is 5.92 Å². The van der Waals surface area contributed by atoms with Crippen LogP contribution in [0.4, 0.5) is 0 Å². The third-order valence-electron chi connectivity index (χ3n) is 5.76. The Balaban J connectivity index is 2.11. The lowest BCUT2D eigenvalue weighted by molar-refractivity contribution is -0.0545. The predicted octanol–water partition coefficient (Wildman–Crippen LogP) is 3.97. The molecule has 2 aliphatic rings. The van der Waals surface area contributed by atoms with Crippen LogP contribution < -0.4 is 0 Å². The summed E-state index contributed by atoms with van der Waals surface area (Å²) >= 11 is 0. The van der Waals surface area contributed by atoms with E-state index in [1.165, 1.54) is 77.0 Å². The van der Waals surface area contributed by atoms with E-state index in [2.05, 4.69) is 19.0 Å². The standard InChI is InChI=1S/C17H33NO/c1-18(2)17(13-9-5-6-10-14-17)16(19)15-11-7-3-4-8-12-15/h15-16,19H,3-14H2,1-2H3. The number of nitrogens with zero attached hydrogens (tertiary/aromatic N) is 1. The Morgan fingerprint density at radius 3 is 1.79 bits per heavy atom. The molecule has 2 heteroatoms. The molecule has 2 saturated carbocycles. The van der Waals surface area contributed by atoms with Crippen LogP contribution >= 0.6 is 0 Å². The molecule has 0 aromatic rings. The van der Waals surface area contributed by atoms with Crippen molar-refractivity contribution in [3.05, 3.63) is 0 Å². The molecule has 1 unspecified atom stereocenters. The summed E-state index contributed by atoms with van der Waals surface area (Å²) in [5.41, 5.74) is 0.0610. The Morgan fingerprint density at radius 2 is 1.32 bits per heavy atom. The Bertz CT molecular complexity index is 248. The van der Waals surface area contributed by atoms with Crippen molar-refractivity contribution in [3.8, 4) is 0 Å². The minimum Gasteiger partial charge on any atom is -0.391 e. The number of rotatable bonds is 3. The summed E-state index contributed by atoms with van der Waals surface area (Å²) in [5, 5.41) is 11.1. The van der Waals surface area contributed by atoms with Crippen LogP contribution in [-0.4, -0.2) is 35.7 Å². The lowest BCUT2D eigenvalue weighted by Crippen LogP contribution is -2.56. The molecule has 1 N–H and O–H groups in total. The summed E-state index contributed by atoms with van der Waals surface area (Å²) < 4.78 is 0. The van der Waals surface area contributed by atoms with E-state index in [9.17, 15) is 5.11 Å². The maximum absolute atomic E-state index is 11.1. The van der Waals surface area contributed by atoms with Gasteiger partial charge in [0.15, 0.2) is 0 Å². The molecule has 0 amide bonds. The highest BCUT2D eigenvalue weighted by Gasteiger charge is 2.43. The van der Waals surface area contributed by atoms with Crippen LogP contribution in [0.2, 0.25) is 0 Å². The van der Waals surface area contributed by atoms with E-state index in [4.69, 9.17) is 0 Å². The van der Waals surface area contributed by atoms with Crippen LogP contribution in [0.3, 0.4) is 0 Å². The van der Waals surface area contributed by atoms with Crippen molar-refractivity contribution < 1.29 is 5.11 Å². The Kier molecular flexibility index (Phi) is 5.70. The van der Waals surface area contributed by atoms with Gasteiger partial charge in [-0.05, 0) is 45.7 Å². The number of hydrogen-bond acceptors (Lipinski definition) is 2. The maximum Gasteiger partial charge on any atom is 0.0751 e. The number of hydrogen-bond donors (Lipinski definition) is 1. The summed E-state index contributed by atoms with van der Waals surface area (Å²) in [6.45, 7) is 0. The summed E-state index contributed by atoms with van der Waals surface area (Å²) in [5.74, 6) is 0.544. The molecule has 0 aromatic heterocycles.